The molecule has 2 aliphatic rings. The molecular weight excluding hydrogens is 234 g/mol. The Balaban J connectivity index is 1.92. The second kappa shape index (κ2) is 4.33. The summed E-state index contributed by atoms with van der Waals surface area (Å²) in [6.07, 6.45) is 1.12. The van der Waals surface area contributed by atoms with Gasteiger partial charge in [-0.3, -0.25) is 9.59 Å². The number of amides is 1. The number of hydrogen-bond acceptors (Lipinski definition) is 4. The maximum Gasteiger partial charge on any atom is 0.294 e. The molecule has 18 heavy (non-hydrogen) atoms. The highest BCUT2D eigenvalue weighted by atomic mass is 16.5. The van der Waals surface area contributed by atoms with Gasteiger partial charge in [-0.2, -0.15) is 0 Å². The van der Waals surface area contributed by atoms with Crippen molar-refractivity contribution in [2.75, 3.05) is 24.7 Å². The SMILES string of the molecule is O=C1CCN(c2ccc3c(c2)OCCCO3)C1=O. The molecule has 0 spiro atoms. The molecule has 0 bridgehead atoms. The minimum absolute atomic E-state index is 0.285. The summed E-state index contributed by atoms with van der Waals surface area (Å²) in [5.41, 5.74) is 0.690. The molecule has 3 rings (SSSR count). The Morgan fingerprint density at radius 2 is 1.83 bits per heavy atom. The molecule has 5 heteroatoms. The first-order valence-electron chi connectivity index (χ1n) is 6.00. The van der Waals surface area contributed by atoms with Crippen molar-refractivity contribution in [1.29, 1.82) is 0 Å². The summed E-state index contributed by atoms with van der Waals surface area (Å²) in [5.74, 6) is 0.554. The van der Waals surface area contributed by atoms with E-state index in [-0.39, 0.29) is 12.2 Å². The summed E-state index contributed by atoms with van der Waals surface area (Å²) in [4.78, 5) is 24.4. The number of ketones is 1. The Hall–Kier alpha value is -2.04. The van der Waals surface area contributed by atoms with Crippen LogP contribution in [-0.4, -0.2) is 31.4 Å². The van der Waals surface area contributed by atoms with Gasteiger partial charge in [0.15, 0.2) is 11.5 Å². The fourth-order valence-electron chi connectivity index (χ4n) is 2.14. The Bertz CT molecular complexity index is 512. The minimum atomic E-state index is -0.440. The first-order valence-corrected chi connectivity index (χ1v) is 6.00. The number of hydrogen-bond donors (Lipinski definition) is 0. The van der Waals surface area contributed by atoms with Crippen LogP contribution in [-0.2, 0) is 9.59 Å². The van der Waals surface area contributed by atoms with Crippen molar-refractivity contribution >= 4 is 17.4 Å². The van der Waals surface area contributed by atoms with Gasteiger partial charge in [-0.15, -0.1) is 0 Å². The Labute approximate surface area is 104 Å². The summed E-state index contributed by atoms with van der Waals surface area (Å²) in [6.45, 7) is 1.67. The monoisotopic (exact) mass is 247 g/mol. The van der Waals surface area contributed by atoms with Gasteiger partial charge in [0.05, 0.1) is 13.2 Å². The predicted molar refractivity (Wildman–Crippen MR) is 64.0 cm³/mol. The van der Waals surface area contributed by atoms with Crippen LogP contribution < -0.4 is 14.4 Å². The number of carbonyl (C=O) groups excluding carboxylic acids is 2. The molecular formula is C13H13NO4. The predicted octanol–water partition coefficient (Wildman–Crippen LogP) is 1.15. The van der Waals surface area contributed by atoms with Crippen LogP contribution in [0, 0.1) is 0 Å². The van der Waals surface area contributed by atoms with Crippen LogP contribution >= 0.6 is 0 Å². The molecule has 0 aliphatic carbocycles. The van der Waals surface area contributed by atoms with Gasteiger partial charge in [0.2, 0.25) is 5.78 Å². The molecule has 1 fully saturated rings. The van der Waals surface area contributed by atoms with E-state index in [4.69, 9.17) is 9.47 Å². The van der Waals surface area contributed by atoms with Crippen LogP contribution in [0.15, 0.2) is 18.2 Å². The largest absolute Gasteiger partial charge is 0.490 e. The molecule has 0 aromatic heterocycles. The van der Waals surface area contributed by atoms with E-state index < -0.39 is 5.91 Å². The average molecular weight is 247 g/mol. The zero-order chi connectivity index (χ0) is 12.5. The van der Waals surface area contributed by atoms with Gasteiger partial charge >= 0.3 is 0 Å². The van der Waals surface area contributed by atoms with Crippen molar-refractivity contribution in [1.82, 2.24) is 0 Å². The number of Topliss-reactive ketones (excluding diaryl/α,β-unsaturated/α-hetero) is 1. The Morgan fingerprint density at radius 3 is 2.56 bits per heavy atom. The van der Waals surface area contributed by atoms with Gasteiger partial charge in [0.1, 0.15) is 0 Å². The van der Waals surface area contributed by atoms with Crippen LogP contribution in [0.5, 0.6) is 11.5 Å². The van der Waals surface area contributed by atoms with Gasteiger partial charge in [0.25, 0.3) is 5.91 Å². The third-order valence-electron chi connectivity index (χ3n) is 3.09. The van der Waals surface area contributed by atoms with Gasteiger partial charge < -0.3 is 14.4 Å². The highest BCUT2D eigenvalue weighted by Crippen LogP contribution is 2.34. The summed E-state index contributed by atoms with van der Waals surface area (Å²) < 4.78 is 11.1. The Morgan fingerprint density at radius 1 is 1.06 bits per heavy atom. The van der Waals surface area contributed by atoms with Crippen LogP contribution in [0.25, 0.3) is 0 Å². The molecule has 1 aromatic rings. The minimum Gasteiger partial charge on any atom is -0.490 e. The zero-order valence-corrected chi connectivity index (χ0v) is 9.85. The molecule has 1 aromatic carbocycles. The number of ether oxygens (including phenoxy) is 2. The third kappa shape index (κ3) is 1.81. The van der Waals surface area contributed by atoms with Crippen LogP contribution in [0.4, 0.5) is 5.69 Å². The molecule has 0 radical (unpaired) electrons. The summed E-state index contributed by atoms with van der Waals surface area (Å²) in [7, 11) is 0. The maximum absolute atomic E-state index is 11.6. The quantitative estimate of drug-likeness (QED) is 0.699. The molecule has 2 aliphatic heterocycles. The molecule has 94 valence electrons. The van der Waals surface area contributed by atoms with Crippen molar-refractivity contribution in [2.24, 2.45) is 0 Å². The molecule has 0 unspecified atom stereocenters. The van der Waals surface area contributed by atoms with E-state index >= 15 is 0 Å². The molecule has 0 saturated carbocycles. The first-order chi connectivity index (χ1) is 8.75. The second-order valence-corrected chi connectivity index (χ2v) is 4.31. The standard InChI is InChI=1S/C13H13NO4/c15-10-4-5-14(13(10)16)9-2-3-11-12(8-9)18-7-1-6-17-11/h2-3,8H,1,4-7H2. The van der Waals surface area contributed by atoms with Crippen LogP contribution in [0.3, 0.4) is 0 Å². The molecule has 0 atom stereocenters. The van der Waals surface area contributed by atoms with Crippen molar-refractivity contribution < 1.29 is 19.1 Å². The fraction of sp³-hybridized carbons (Fsp3) is 0.385. The van der Waals surface area contributed by atoms with E-state index in [0.717, 1.165) is 6.42 Å². The van der Waals surface area contributed by atoms with E-state index in [1.807, 2.05) is 0 Å². The smallest absolute Gasteiger partial charge is 0.294 e. The average Bonchev–Trinajstić information content (AvgIpc) is 2.61. The van der Waals surface area contributed by atoms with Crippen molar-refractivity contribution in [3.05, 3.63) is 18.2 Å². The number of nitrogens with zero attached hydrogens (tertiary/aromatic N) is 1. The van der Waals surface area contributed by atoms with Gasteiger partial charge in [-0.25, -0.2) is 0 Å². The van der Waals surface area contributed by atoms with Crippen molar-refractivity contribution in [3.63, 3.8) is 0 Å². The lowest BCUT2D eigenvalue weighted by Crippen LogP contribution is -2.26. The van der Waals surface area contributed by atoms with Gasteiger partial charge in [-0.05, 0) is 12.1 Å². The molecule has 5 nitrogen and oxygen atoms in total. The molecule has 1 amide bonds. The van der Waals surface area contributed by atoms with Crippen LogP contribution in [0.2, 0.25) is 0 Å². The summed E-state index contributed by atoms with van der Waals surface area (Å²) in [6, 6.07) is 5.33. The Kier molecular flexibility index (Phi) is 2.66. The zero-order valence-electron chi connectivity index (χ0n) is 9.85. The highest BCUT2D eigenvalue weighted by Gasteiger charge is 2.30. The number of anilines is 1. The highest BCUT2D eigenvalue weighted by molar-refractivity contribution is 6.43. The number of fused-ring (bicyclic) bond motifs is 1. The lowest BCUT2D eigenvalue weighted by molar-refractivity contribution is -0.133. The lowest BCUT2D eigenvalue weighted by atomic mass is 10.2. The maximum atomic E-state index is 11.6. The van der Waals surface area contributed by atoms with Crippen molar-refractivity contribution in [2.45, 2.75) is 12.8 Å². The van der Waals surface area contributed by atoms with Gasteiger partial charge in [0, 0.05) is 31.1 Å². The van der Waals surface area contributed by atoms with E-state index in [1.165, 1.54) is 4.90 Å². The lowest BCUT2D eigenvalue weighted by Gasteiger charge is -2.16. The topological polar surface area (TPSA) is 55.8 Å². The van der Waals surface area contributed by atoms with E-state index in [2.05, 4.69) is 0 Å². The number of rotatable bonds is 1. The van der Waals surface area contributed by atoms with Crippen molar-refractivity contribution in [3.8, 4) is 11.5 Å². The second-order valence-electron chi connectivity index (χ2n) is 4.31. The van der Waals surface area contributed by atoms with E-state index in [1.54, 1.807) is 18.2 Å². The summed E-state index contributed by atoms with van der Waals surface area (Å²) >= 11 is 0. The molecule has 0 N–H and O–H groups in total. The normalized spacial score (nSPS) is 19.0. The van der Waals surface area contributed by atoms with E-state index in [0.29, 0.717) is 36.9 Å². The van der Waals surface area contributed by atoms with Gasteiger partial charge in [-0.1, -0.05) is 0 Å². The number of benzene rings is 1. The summed E-state index contributed by atoms with van der Waals surface area (Å²) in [5, 5.41) is 0. The molecule has 2 heterocycles. The molecule has 1 saturated heterocycles. The fourth-order valence-corrected chi connectivity index (χ4v) is 2.14. The first kappa shape index (κ1) is 11.1. The van der Waals surface area contributed by atoms with Crippen LogP contribution in [0.1, 0.15) is 12.8 Å². The number of carbonyl (C=O) groups is 2. The third-order valence-corrected chi connectivity index (χ3v) is 3.09. The van der Waals surface area contributed by atoms with E-state index in [9.17, 15) is 9.59 Å².